The Bertz CT molecular complexity index is 3500. The van der Waals surface area contributed by atoms with Crippen LogP contribution in [-0.2, 0) is 0 Å². The molecule has 0 amide bonds. The second-order valence-electron chi connectivity index (χ2n) is 16.4. The van der Waals surface area contributed by atoms with Crippen LogP contribution in [0, 0.1) is 0 Å². The third-order valence-corrected chi connectivity index (χ3v) is 18.8. The Kier molecular flexibility index (Phi) is 9.40. The number of benzene rings is 10. The quantitative estimate of drug-likeness (QED) is 0.104. The first-order chi connectivity index (χ1) is 31.8. The lowest BCUT2D eigenvalue weighted by Gasteiger charge is -2.35. The number of nitrogens with zero attached hydrogens (tertiary/aromatic N) is 2. The normalized spacial score (nSPS) is 11.8. The van der Waals surface area contributed by atoms with Gasteiger partial charge in [-0.05, 0) is 98.6 Å². The van der Waals surface area contributed by atoms with E-state index in [2.05, 4.69) is 264 Å². The average molecular weight is 851 g/mol. The smallest absolute Gasteiger partial charge is 0.179 e. The highest BCUT2D eigenvalue weighted by Crippen LogP contribution is 2.43. The summed E-state index contributed by atoms with van der Waals surface area (Å²) in [5, 5.41) is 10.5. The summed E-state index contributed by atoms with van der Waals surface area (Å²) in [5.74, 6) is 0. The van der Waals surface area contributed by atoms with Gasteiger partial charge < -0.3 is 9.47 Å². The molecule has 64 heavy (non-hydrogen) atoms. The summed E-state index contributed by atoms with van der Waals surface area (Å²) in [6, 6.07) is 94.2. The van der Waals surface area contributed by atoms with E-state index in [1.807, 2.05) is 11.3 Å². The van der Waals surface area contributed by atoms with Crippen LogP contribution in [-0.4, -0.2) is 12.6 Å². The highest BCUT2D eigenvalue weighted by Gasteiger charge is 2.41. The Balaban J connectivity index is 1.06. The third kappa shape index (κ3) is 6.22. The van der Waals surface area contributed by atoms with Crippen LogP contribution < -0.4 is 25.6 Å². The second kappa shape index (κ2) is 15.9. The molecule has 0 radical (unpaired) electrons. The van der Waals surface area contributed by atoms with Gasteiger partial charge in [0, 0.05) is 53.7 Å². The minimum absolute atomic E-state index is 1.10. The van der Waals surface area contributed by atoms with E-state index in [0.717, 1.165) is 22.7 Å². The summed E-state index contributed by atoms with van der Waals surface area (Å²) in [7, 11) is -2.80. The zero-order chi connectivity index (χ0) is 42.5. The lowest BCUT2D eigenvalue weighted by atomic mass is 9.99. The molecule has 0 aliphatic rings. The van der Waals surface area contributed by atoms with Crippen molar-refractivity contribution in [3.8, 4) is 16.8 Å². The van der Waals surface area contributed by atoms with Crippen LogP contribution >= 0.6 is 11.3 Å². The lowest BCUT2D eigenvalue weighted by molar-refractivity contribution is 1.18. The Morgan fingerprint density at radius 1 is 0.344 bits per heavy atom. The summed E-state index contributed by atoms with van der Waals surface area (Å²) in [5.41, 5.74) is 9.33. The predicted molar refractivity (Wildman–Crippen MR) is 277 cm³/mol. The van der Waals surface area contributed by atoms with Gasteiger partial charge in [0.05, 0.1) is 11.0 Å². The maximum atomic E-state index is 2.47. The van der Waals surface area contributed by atoms with Crippen molar-refractivity contribution in [1.29, 1.82) is 0 Å². The molecule has 2 heterocycles. The maximum Gasteiger partial charge on any atom is 0.179 e. The van der Waals surface area contributed by atoms with E-state index in [0.29, 0.717) is 0 Å². The molecular weight excluding hydrogens is 809 g/mol. The van der Waals surface area contributed by atoms with Crippen LogP contribution in [0.3, 0.4) is 0 Å². The van der Waals surface area contributed by atoms with Gasteiger partial charge in [-0.2, -0.15) is 0 Å². The minimum Gasteiger partial charge on any atom is -0.310 e. The monoisotopic (exact) mass is 850 g/mol. The van der Waals surface area contributed by atoms with Gasteiger partial charge in [0.15, 0.2) is 8.07 Å². The van der Waals surface area contributed by atoms with E-state index in [1.165, 1.54) is 73.9 Å². The van der Waals surface area contributed by atoms with Crippen molar-refractivity contribution in [2.45, 2.75) is 0 Å². The van der Waals surface area contributed by atoms with Crippen LogP contribution in [0.2, 0.25) is 0 Å². The molecule has 0 unspecified atom stereocenters. The number of hydrogen-bond acceptors (Lipinski definition) is 2. The van der Waals surface area contributed by atoms with Gasteiger partial charge >= 0.3 is 0 Å². The number of aromatic nitrogens is 1. The van der Waals surface area contributed by atoms with Crippen molar-refractivity contribution in [1.82, 2.24) is 4.57 Å². The summed E-state index contributed by atoms with van der Waals surface area (Å²) in [4.78, 5) is 2.46. The molecule has 0 aliphatic heterocycles. The first-order valence-electron chi connectivity index (χ1n) is 21.9. The first kappa shape index (κ1) is 38.0. The molecule has 0 saturated carbocycles. The van der Waals surface area contributed by atoms with Crippen LogP contribution in [0.4, 0.5) is 17.1 Å². The van der Waals surface area contributed by atoms with Gasteiger partial charge in [-0.25, -0.2) is 0 Å². The summed E-state index contributed by atoms with van der Waals surface area (Å²) in [6.07, 6.45) is 0. The van der Waals surface area contributed by atoms with Crippen LogP contribution in [0.1, 0.15) is 0 Å². The molecule has 2 nitrogen and oxygen atoms in total. The predicted octanol–water partition coefficient (Wildman–Crippen LogP) is 13.7. The summed E-state index contributed by atoms with van der Waals surface area (Å²) >= 11 is 1.86. The van der Waals surface area contributed by atoms with E-state index in [1.54, 1.807) is 0 Å². The fourth-order valence-corrected chi connectivity index (χ4v) is 16.1. The largest absolute Gasteiger partial charge is 0.310 e. The summed E-state index contributed by atoms with van der Waals surface area (Å²) in [6.45, 7) is 0. The molecule has 0 atom stereocenters. The van der Waals surface area contributed by atoms with Gasteiger partial charge in [0.2, 0.25) is 0 Å². The average Bonchev–Trinajstić information content (AvgIpc) is 3.92. The maximum absolute atomic E-state index is 2.80. The molecule has 0 spiro atoms. The van der Waals surface area contributed by atoms with E-state index in [4.69, 9.17) is 0 Å². The van der Waals surface area contributed by atoms with Gasteiger partial charge in [-0.1, -0.05) is 188 Å². The van der Waals surface area contributed by atoms with E-state index in [-0.39, 0.29) is 0 Å². The van der Waals surface area contributed by atoms with Crippen molar-refractivity contribution in [2.24, 2.45) is 0 Å². The zero-order valence-electron chi connectivity index (χ0n) is 35.1. The highest BCUT2D eigenvalue weighted by molar-refractivity contribution is 7.25. The fraction of sp³-hybridized carbons (Fsp3) is 0. The number of thiophene rings is 1. The fourth-order valence-electron chi connectivity index (χ4n) is 10.1. The molecule has 2 aromatic heterocycles. The molecule has 0 fully saturated rings. The van der Waals surface area contributed by atoms with Crippen LogP contribution in [0.25, 0.3) is 58.8 Å². The molecule has 0 N–H and O–H groups in total. The standard InChI is InChI=1S/C60H42N2SSi/c1-5-19-44(20-6-1)62-56-32-15-13-30-55(56)60-52(31-18-33-57(60)62)43-35-37-45(38-36-43)61(47-39-40-54-53-29-14-16-34-58(53)63-59(54)42-47)46-21-17-28-51(41-46)64(48-22-7-2-8-23-48,49-24-9-3-10-25-49)50-26-11-4-12-27-50/h1-42H. The van der Waals surface area contributed by atoms with Crippen molar-refractivity contribution < 1.29 is 0 Å². The third-order valence-electron chi connectivity index (χ3n) is 12.9. The molecule has 0 bridgehead atoms. The second-order valence-corrected chi connectivity index (χ2v) is 21.3. The number of hydrogen-bond donors (Lipinski definition) is 0. The number of rotatable bonds is 9. The van der Waals surface area contributed by atoms with Gasteiger partial charge in [0.1, 0.15) is 0 Å². The Labute approximate surface area is 378 Å². The summed E-state index contributed by atoms with van der Waals surface area (Å²) < 4.78 is 4.98. The number of fused-ring (bicyclic) bond motifs is 6. The SMILES string of the molecule is c1ccc(-n2c3ccccc3c3c(-c4ccc(N(c5cccc([Si](c6ccccc6)(c6ccccc6)c6ccccc6)c5)c5ccc6c(c5)sc5ccccc56)cc4)cccc32)cc1. The molecule has 302 valence electrons. The topological polar surface area (TPSA) is 8.17 Å². The van der Waals surface area contributed by atoms with Crippen molar-refractivity contribution in [2.75, 3.05) is 4.90 Å². The molecule has 12 aromatic rings. The molecule has 4 heteroatoms. The Hall–Kier alpha value is -7.76. The molecular formula is C60H42N2SSi. The minimum atomic E-state index is -2.80. The van der Waals surface area contributed by atoms with E-state index in [9.17, 15) is 0 Å². The molecule has 0 aliphatic carbocycles. The molecule has 10 aromatic carbocycles. The van der Waals surface area contributed by atoms with Gasteiger partial charge in [-0.15, -0.1) is 11.3 Å². The lowest BCUT2D eigenvalue weighted by Crippen LogP contribution is -2.74. The van der Waals surface area contributed by atoms with Crippen LogP contribution in [0.15, 0.2) is 255 Å². The van der Waals surface area contributed by atoms with Crippen molar-refractivity contribution in [3.05, 3.63) is 255 Å². The first-order valence-corrected chi connectivity index (χ1v) is 24.7. The number of para-hydroxylation sites is 2. The van der Waals surface area contributed by atoms with Gasteiger partial charge in [-0.3, -0.25) is 0 Å². The molecule has 0 saturated heterocycles. The molecule has 12 rings (SSSR count). The van der Waals surface area contributed by atoms with Crippen molar-refractivity contribution >= 4 is 99.2 Å². The Morgan fingerprint density at radius 3 is 1.55 bits per heavy atom. The van der Waals surface area contributed by atoms with Crippen LogP contribution in [0.5, 0.6) is 0 Å². The van der Waals surface area contributed by atoms with Crippen molar-refractivity contribution in [3.63, 3.8) is 0 Å². The Morgan fingerprint density at radius 2 is 0.859 bits per heavy atom. The zero-order valence-corrected chi connectivity index (χ0v) is 36.9. The number of anilines is 3. The highest BCUT2D eigenvalue weighted by atomic mass is 32.1. The van der Waals surface area contributed by atoms with Gasteiger partial charge in [0.25, 0.3) is 0 Å². The van der Waals surface area contributed by atoms with E-state index >= 15 is 0 Å². The van der Waals surface area contributed by atoms with E-state index < -0.39 is 8.07 Å².